The fraction of sp³-hybridized carbons (Fsp3) is 0.286. The standard InChI is InChI=1S/C14H15ClO3/c1-4-9(2)14(17)12-6-5-11(7-13(12)15)18-8-10(3)16/h5-7H,2,4,8H2,1,3H3. The maximum atomic E-state index is 11.9. The van der Waals surface area contributed by atoms with Crippen molar-refractivity contribution in [2.45, 2.75) is 20.3 Å². The Labute approximate surface area is 111 Å². The SMILES string of the molecule is C=C(CC)C(=O)c1ccc(OCC(C)=O)cc1Cl. The lowest BCUT2D eigenvalue weighted by molar-refractivity contribution is -0.118. The smallest absolute Gasteiger partial charge is 0.189 e. The van der Waals surface area contributed by atoms with Gasteiger partial charge in [-0.15, -0.1) is 0 Å². The van der Waals surface area contributed by atoms with Gasteiger partial charge in [-0.05, 0) is 37.1 Å². The van der Waals surface area contributed by atoms with Crippen molar-refractivity contribution < 1.29 is 14.3 Å². The van der Waals surface area contributed by atoms with Gasteiger partial charge in [-0.25, -0.2) is 0 Å². The summed E-state index contributed by atoms with van der Waals surface area (Å²) in [6, 6.07) is 4.73. The normalized spacial score (nSPS) is 9.94. The van der Waals surface area contributed by atoms with E-state index in [4.69, 9.17) is 16.3 Å². The Balaban J connectivity index is 2.89. The van der Waals surface area contributed by atoms with E-state index in [2.05, 4.69) is 6.58 Å². The van der Waals surface area contributed by atoms with E-state index in [0.717, 1.165) is 0 Å². The molecule has 0 spiro atoms. The summed E-state index contributed by atoms with van der Waals surface area (Å²) in [5, 5.41) is 0.302. The van der Waals surface area contributed by atoms with Gasteiger partial charge in [0.2, 0.25) is 0 Å². The lowest BCUT2D eigenvalue weighted by atomic mass is 10.0. The van der Waals surface area contributed by atoms with Crippen LogP contribution in [0.2, 0.25) is 5.02 Å². The second-order valence-corrected chi connectivity index (χ2v) is 4.33. The van der Waals surface area contributed by atoms with E-state index in [-0.39, 0.29) is 18.2 Å². The second-order valence-electron chi connectivity index (χ2n) is 3.92. The molecule has 0 amide bonds. The fourth-order valence-corrected chi connectivity index (χ4v) is 1.56. The van der Waals surface area contributed by atoms with E-state index < -0.39 is 0 Å². The number of carbonyl (C=O) groups excluding carboxylic acids is 2. The summed E-state index contributed by atoms with van der Waals surface area (Å²) in [5.74, 6) is 0.222. The predicted molar refractivity (Wildman–Crippen MR) is 71.4 cm³/mol. The van der Waals surface area contributed by atoms with Crippen molar-refractivity contribution in [1.29, 1.82) is 0 Å². The van der Waals surface area contributed by atoms with Crippen LogP contribution in [-0.2, 0) is 4.79 Å². The average Bonchev–Trinajstić information content (AvgIpc) is 2.34. The minimum absolute atomic E-state index is 0.00864. The molecule has 0 aliphatic carbocycles. The number of hydrogen-bond donors (Lipinski definition) is 0. The number of benzene rings is 1. The monoisotopic (exact) mass is 266 g/mol. The third-order valence-corrected chi connectivity index (χ3v) is 2.69. The molecule has 0 saturated heterocycles. The minimum Gasteiger partial charge on any atom is -0.486 e. The molecule has 3 nitrogen and oxygen atoms in total. The van der Waals surface area contributed by atoms with Gasteiger partial charge in [0.05, 0.1) is 5.02 Å². The van der Waals surface area contributed by atoms with Gasteiger partial charge in [0.1, 0.15) is 12.4 Å². The largest absolute Gasteiger partial charge is 0.486 e. The molecule has 1 rings (SSSR count). The third-order valence-electron chi connectivity index (χ3n) is 2.38. The first-order valence-corrected chi connectivity index (χ1v) is 5.97. The van der Waals surface area contributed by atoms with Crippen molar-refractivity contribution in [1.82, 2.24) is 0 Å². The molecule has 96 valence electrons. The molecule has 0 saturated carbocycles. The second kappa shape index (κ2) is 6.36. The van der Waals surface area contributed by atoms with E-state index in [0.29, 0.717) is 28.3 Å². The number of Topliss-reactive ketones (excluding diaryl/α,β-unsaturated/α-hetero) is 2. The van der Waals surface area contributed by atoms with Crippen molar-refractivity contribution in [2.75, 3.05) is 6.61 Å². The summed E-state index contributed by atoms with van der Waals surface area (Å²) in [6.45, 7) is 6.97. The zero-order valence-electron chi connectivity index (χ0n) is 10.5. The molecular weight excluding hydrogens is 252 g/mol. The number of hydrogen-bond acceptors (Lipinski definition) is 3. The van der Waals surface area contributed by atoms with Crippen LogP contribution < -0.4 is 4.74 Å². The van der Waals surface area contributed by atoms with Crippen molar-refractivity contribution in [3.8, 4) is 5.75 Å². The molecule has 0 heterocycles. The van der Waals surface area contributed by atoms with Crippen LogP contribution in [0.3, 0.4) is 0 Å². The molecule has 1 aromatic rings. The Morgan fingerprint density at radius 1 is 1.39 bits per heavy atom. The van der Waals surface area contributed by atoms with Crippen LogP contribution in [0.25, 0.3) is 0 Å². The Morgan fingerprint density at radius 2 is 2.06 bits per heavy atom. The molecule has 4 heteroatoms. The van der Waals surface area contributed by atoms with Crippen molar-refractivity contribution in [2.24, 2.45) is 0 Å². The average molecular weight is 267 g/mol. The number of allylic oxidation sites excluding steroid dienone is 1. The first-order chi connectivity index (χ1) is 8.45. The molecule has 0 radical (unpaired) electrons. The zero-order chi connectivity index (χ0) is 13.7. The van der Waals surface area contributed by atoms with Crippen molar-refractivity contribution in [3.05, 3.63) is 40.9 Å². The van der Waals surface area contributed by atoms with Gasteiger partial charge in [-0.1, -0.05) is 25.1 Å². The lowest BCUT2D eigenvalue weighted by Crippen LogP contribution is -2.07. The van der Waals surface area contributed by atoms with Gasteiger partial charge in [-0.3, -0.25) is 9.59 Å². The van der Waals surface area contributed by atoms with Crippen LogP contribution in [0.1, 0.15) is 30.6 Å². The quantitative estimate of drug-likeness (QED) is 0.585. The molecule has 0 fully saturated rings. The van der Waals surface area contributed by atoms with E-state index >= 15 is 0 Å². The van der Waals surface area contributed by atoms with E-state index in [1.807, 2.05) is 6.92 Å². The Morgan fingerprint density at radius 3 is 2.56 bits per heavy atom. The first kappa shape index (κ1) is 14.5. The summed E-state index contributed by atoms with van der Waals surface area (Å²) in [4.78, 5) is 22.7. The van der Waals surface area contributed by atoms with Gasteiger partial charge in [0, 0.05) is 5.56 Å². The topological polar surface area (TPSA) is 43.4 Å². The van der Waals surface area contributed by atoms with Crippen LogP contribution in [0, 0.1) is 0 Å². The van der Waals surface area contributed by atoms with Crippen LogP contribution in [0.4, 0.5) is 0 Å². The number of ketones is 2. The van der Waals surface area contributed by atoms with Crippen LogP contribution in [-0.4, -0.2) is 18.2 Å². The number of rotatable bonds is 6. The summed E-state index contributed by atoms with van der Waals surface area (Å²) in [5.41, 5.74) is 0.910. The number of halogens is 1. The predicted octanol–water partition coefficient (Wildman–Crippen LogP) is 3.46. The zero-order valence-corrected chi connectivity index (χ0v) is 11.2. The van der Waals surface area contributed by atoms with Crippen LogP contribution >= 0.6 is 11.6 Å². The third kappa shape index (κ3) is 3.70. The molecule has 0 aromatic heterocycles. The van der Waals surface area contributed by atoms with Crippen LogP contribution in [0.5, 0.6) is 5.75 Å². The fourth-order valence-electron chi connectivity index (χ4n) is 1.31. The lowest BCUT2D eigenvalue weighted by Gasteiger charge is -2.08. The summed E-state index contributed by atoms with van der Waals surface area (Å²) in [6.07, 6.45) is 0.581. The maximum absolute atomic E-state index is 11.9. The molecule has 0 N–H and O–H groups in total. The highest BCUT2D eigenvalue weighted by molar-refractivity contribution is 6.35. The summed E-state index contributed by atoms with van der Waals surface area (Å²) in [7, 11) is 0. The molecule has 1 aromatic carbocycles. The van der Waals surface area contributed by atoms with E-state index in [1.54, 1.807) is 12.1 Å². The molecule has 0 atom stereocenters. The summed E-state index contributed by atoms with van der Waals surface area (Å²) < 4.78 is 5.20. The number of carbonyl (C=O) groups is 2. The molecule has 0 aliphatic heterocycles. The minimum atomic E-state index is -0.166. The Kier molecular flexibility index (Phi) is 5.10. The summed E-state index contributed by atoms with van der Waals surface area (Å²) >= 11 is 6.01. The molecule has 0 aliphatic rings. The van der Waals surface area contributed by atoms with E-state index in [1.165, 1.54) is 13.0 Å². The van der Waals surface area contributed by atoms with Gasteiger partial charge in [0.25, 0.3) is 0 Å². The van der Waals surface area contributed by atoms with Gasteiger partial charge < -0.3 is 4.74 Å². The highest BCUT2D eigenvalue weighted by Crippen LogP contribution is 2.25. The van der Waals surface area contributed by atoms with Gasteiger partial charge >= 0.3 is 0 Å². The van der Waals surface area contributed by atoms with E-state index in [9.17, 15) is 9.59 Å². The van der Waals surface area contributed by atoms with Crippen molar-refractivity contribution in [3.63, 3.8) is 0 Å². The first-order valence-electron chi connectivity index (χ1n) is 5.60. The molecular formula is C14H15ClO3. The highest BCUT2D eigenvalue weighted by atomic mass is 35.5. The Hall–Kier alpha value is -1.61. The molecule has 0 bridgehead atoms. The van der Waals surface area contributed by atoms with Crippen LogP contribution in [0.15, 0.2) is 30.4 Å². The number of ether oxygens (including phenoxy) is 1. The van der Waals surface area contributed by atoms with Crippen molar-refractivity contribution >= 4 is 23.2 Å². The van der Waals surface area contributed by atoms with Gasteiger partial charge in [0.15, 0.2) is 11.6 Å². The maximum Gasteiger partial charge on any atom is 0.189 e. The molecule has 18 heavy (non-hydrogen) atoms. The highest BCUT2D eigenvalue weighted by Gasteiger charge is 2.13. The Bertz CT molecular complexity index is 492. The molecule has 0 unspecified atom stereocenters. The van der Waals surface area contributed by atoms with Gasteiger partial charge in [-0.2, -0.15) is 0 Å².